The van der Waals surface area contributed by atoms with Gasteiger partial charge in [0, 0.05) is 11.6 Å². The van der Waals surface area contributed by atoms with Crippen molar-refractivity contribution in [3.63, 3.8) is 0 Å². The van der Waals surface area contributed by atoms with Crippen molar-refractivity contribution in [1.29, 1.82) is 0 Å². The van der Waals surface area contributed by atoms with Crippen molar-refractivity contribution in [1.82, 2.24) is 0 Å². The Bertz CT molecular complexity index is 618. The van der Waals surface area contributed by atoms with Crippen LogP contribution in [0.4, 0.5) is 4.39 Å². The quantitative estimate of drug-likeness (QED) is 0.860. The summed E-state index contributed by atoms with van der Waals surface area (Å²) in [5.74, 6) is 0.0959. The molecule has 2 aromatic rings. The first kappa shape index (κ1) is 14.0. The zero-order valence-electron chi connectivity index (χ0n) is 9.90. The fraction of sp³-hybridized carbons (Fsp3) is 0.0714. The molecule has 0 aliphatic heterocycles. The molecule has 0 bridgehead atoms. The van der Waals surface area contributed by atoms with Crippen LogP contribution < -0.4 is 10.5 Å². The van der Waals surface area contributed by atoms with E-state index in [1.807, 2.05) is 24.3 Å². The molecule has 19 heavy (non-hydrogen) atoms. The SMILES string of the molecule is NC(=S)c1ccccc1COc1ccc(Br)c(F)c1. The molecule has 2 aromatic carbocycles. The summed E-state index contributed by atoms with van der Waals surface area (Å²) in [6, 6.07) is 12.1. The Kier molecular flexibility index (Phi) is 4.50. The Morgan fingerprint density at radius 1 is 1.26 bits per heavy atom. The Hall–Kier alpha value is -1.46. The van der Waals surface area contributed by atoms with Crippen LogP contribution in [0, 0.1) is 5.82 Å². The number of ether oxygens (including phenoxy) is 1. The van der Waals surface area contributed by atoms with Crippen molar-refractivity contribution < 1.29 is 9.13 Å². The summed E-state index contributed by atoms with van der Waals surface area (Å²) in [7, 11) is 0. The van der Waals surface area contributed by atoms with E-state index >= 15 is 0 Å². The van der Waals surface area contributed by atoms with Crippen LogP contribution in [0.2, 0.25) is 0 Å². The van der Waals surface area contributed by atoms with E-state index in [0.717, 1.165) is 11.1 Å². The third kappa shape index (κ3) is 3.52. The maximum Gasteiger partial charge on any atom is 0.141 e. The minimum absolute atomic E-state index is 0.286. The van der Waals surface area contributed by atoms with E-state index in [2.05, 4.69) is 15.9 Å². The molecular formula is C14H11BrFNOS. The summed E-state index contributed by atoms with van der Waals surface area (Å²) in [5.41, 5.74) is 7.28. The summed E-state index contributed by atoms with van der Waals surface area (Å²) in [4.78, 5) is 0.321. The molecule has 5 heteroatoms. The van der Waals surface area contributed by atoms with E-state index in [9.17, 15) is 4.39 Å². The summed E-state index contributed by atoms with van der Waals surface area (Å²) in [6.07, 6.45) is 0. The predicted molar refractivity (Wildman–Crippen MR) is 80.8 cm³/mol. The molecule has 0 saturated heterocycles. The van der Waals surface area contributed by atoms with Gasteiger partial charge in [0.1, 0.15) is 23.2 Å². The zero-order chi connectivity index (χ0) is 13.8. The first-order valence-electron chi connectivity index (χ1n) is 5.53. The standard InChI is InChI=1S/C14H11BrFNOS/c15-12-6-5-10(7-13(12)16)18-8-9-3-1-2-4-11(9)14(17)19/h1-7H,8H2,(H2,17,19). The number of hydrogen-bond donors (Lipinski definition) is 1. The van der Waals surface area contributed by atoms with Crippen molar-refractivity contribution in [3.05, 3.63) is 63.9 Å². The Labute approximate surface area is 124 Å². The lowest BCUT2D eigenvalue weighted by atomic mass is 10.1. The minimum Gasteiger partial charge on any atom is -0.489 e. The van der Waals surface area contributed by atoms with Crippen LogP contribution in [-0.4, -0.2) is 4.99 Å². The normalized spacial score (nSPS) is 10.2. The summed E-state index contributed by atoms with van der Waals surface area (Å²) >= 11 is 8.07. The fourth-order valence-corrected chi connectivity index (χ4v) is 2.06. The predicted octanol–water partition coefficient (Wildman–Crippen LogP) is 3.80. The van der Waals surface area contributed by atoms with Crippen molar-refractivity contribution >= 4 is 33.1 Å². The first-order valence-corrected chi connectivity index (χ1v) is 6.73. The smallest absolute Gasteiger partial charge is 0.141 e. The second-order valence-electron chi connectivity index (χ2n) is 3.89. The average molecular weight is 340 g/mol. The lowest BCUT2D eigenvalue weighted by Crippen LogP contribution is -2.13. The van der Waals surface area contributed by atoms with E-state index in [-0.39, 0.29) is 12.4 Å². The van der Waals surface area contributed by atoms with Crippen LogP contribution in [0.5, 0.6) is 5.75 Å². The second-order valence-corrected chi connectivity index (χ2v) is 5.18. The largest absolute Gasteiger partial charge is 0.489 e. The molecule has 0 aliphatic carbocycles. The lowest BCUT2D eigenvalue weighted by Gasteiger charge is -2.10. The third-order valence-corrected chi connectivity index (χ3v) is 3.43. The molecule has 0 amide bonds. The highest BCUT2D eigenvalue weighted by Crippen LogP contribution is 2.22. The van der Waals surface area contributed by atoms with Gasteiger partial charge in [-0.2, -0.15) is 0 Å². The number of thiocarbonyl (C=S) groups is 1. The summed E-state index contributed by atoms with van der Waals surface area (Å²) in [6.45, 7) is 0.286. The van der Waals surface area contributed by atoms with Gasteiger partial charge in [0.2, 0.25) is 0 Å². The van der Waals surface area contributed by atoms with E-state index in [1.165, 1.54) is 6.07 Å². The molecule has 0 aliphatic rings. The molecule has 2 N–H and O–H groups in total. The van der Waals surface area contributed by atoms with E-state index in [4.69, 9.17) is 22.7 Å². The molecule has 0 atom stereocenters. The van der Waals surface area contributed by atoms with E-state index in [0.29, 0.717) is 15.2 Å². The van der Waals surface area contributed by atoms with Crippen molar-refractivity contribution in [2.24, 2.45) is 5.73 Å². The molecule has 0 radical (unpaired) electrons. The Morgan fingerprint density at radius 3 is 2.68 bits per heavy atom. The van der Waals surface area contributed by atoms with Crippen LogP contribution in [0.1, 0.15) is 11.1 Å². The van der Waals surface area contributed by atoms with E-state index in [1.54, 1.807) is 12.1 Å². The average Bonchev–Trinajstić information content (AvgIpc) is 2.40. The van der Waals surface area contributed by atoms with Crippen molar-refractivity contribution in [2.75, 3.05) is 0 Å². The number of hydrogen-bond acceptors (Lipinski definition) is 2. The molecule has 0 saturated carbocycles. The molecule has 2 rings (SSSR count). The van der Waals surface area contributed by atoms with Gasteiger partial charge in [0.25, 0.3) is 0 Å². The van der Waals surface area contributed by atoms with Crippen LogP contribution in [0.3, 0.4) is 0 Å². The zero-order valence-corrected chi connectivity index (χ0v) is 12.3. The first-order chi connectivity index (χ1) is 9.08. The van der Waals surface area contributed by atoms with Crippen molar-refractivity contribution in [3.8, 4) is 5.75 Å². The fourth-order valence-electron chi connectivity index (χ4n) is 1.61. The van der Waals surface area contributed by atoms with Gasteiger partial charge >= 0.3 is 0 Å². The molecule has 0 heterocycles. The molecule has 0 aromatic heterocycles. The number of halogens is 2. The van der Waals surface area contributed by atoms with Gasteiger partial charge < -0.3 is 10.5 Å². The van der Waals surface area contributed by atoms with Gasteiger partial charge in [-0.15, -0.1) is 0 Å². The van der Waals surface area contributed by atoms with Gasteiger partial charge in [-0.25, -0.2) is 4.39 Å². The van der Waals surface area contributed by atoms with Crippen LogP contribution in [0.25, 0.3) is 0 Å². The second kappa shape index (κ2) is 6.12. The Balaban J connectivity index is 2.14. The van der Waals surface area contributed by atoms with E-state index < -0.39 is 0 Å². The van der Waals surface area contributed by atoms with Crippen LogP contribution in [0.15, 0.2) is 46.9 Å². The van der Waals surface area contributed by atoms with Gasteiger partial charge in [0.05, 0.1) is 4.47 Å². The van der Waals surface area contributed by atoms with Gasteiger partial charge in [-0.3, -0.25) is 0 Å². The van der Waals surface area contributed by atoms with Gasteiger partial charge in [-0.1, -0.05) is 36.5 Å². The maximum absolute atomic E-state index is 13.3. The lowest BCUT2D eigenvalue weighted by molar-refractivity contribution is 0.304. The summed E-state index contributed by atoms with van der Waals surface area (Å²) in [5, 5.41) is 0. The van der Waals surface area contributed by atoms with Gasteiger partial charge in [0.15, 0.2) is 0 Å². The van der Waals surface area contributed by atoms with Crippen molar-refractivity contribution in [2.45, 2.75) is 6.61 Å². The third-order valence-electron chi connectivity index (χ3n) is 2.57. The molecule has 0 fully saturated rings. The highest BCUT2D eigenvalue weighted by atomic mass is 79.9. The Morgan fingerprint density at radius 2 is 2.00 bits per heavy atom. The maximum atomic E-state index is 13.3. The highest BCUT2D eigenvalue weighted by Gasteiger charge is 2.06. The molecule has 98 valence electrons. The van der Waals surface area contributed by atoms with Gasteiger partial charge in [-0.05, 0) is 33.6 Å². The topological polar surface area (TPSA) is 35.2 Å². The minimum atomic E-state index is -0.361. The monoisotopic (exact) mass is 339 g/mol. The molecule has 0 spiro atoms. The molecule has 2 nitrogen and oxygen atoms in total. The molecule has 0 unspecified atom stereocenters. The molecular weight excluding hydrogens is 329 g/mol. The number of nitrogens with two attached hydrogens (primary N) is 1. The highest BCUT2D eigenvalue weighted by molar-refractivity contribution is 9.10. The number of benzene rings is 2. The number of rotatable bonds is 4. The van der Waals surface area contributed by atoms with Crippen LogP contribution in [-0.2, 0) is 6.61 Å². The van der Waals surface area contributed by atoms with Crippen LogP contribution >= 0.6 is 28.1 Å². The summed E-state index contributed by atoms with van der Waals surface area (Å²) < 4.78 is 19.3.